The quantitative estimate of drug-likeness (QED) is 0.283. The molecule has 1 aliphatic carbocycles. The molecular formula is C41H54N6O4S. The number of rotatable bonds is 4. The number of aromatic nitrogens is 2. The smallest absolute Gasteiger partial charge is 0.253 e. The van der Waals surface area contributed by atoms with E-state index in [1.165, 1.54) is 16.6 Å². The highest BCUT2D eigenvalue weighted by atomic mass is 32.2. The summed E-state index contributed by atoms with van der Waals surface area (Å²) in [6.07, 6.45) is 7.62. The van der Waals surface area contributed by atoms with Crippen molar-refractivity contribution in [3.63, 3.8) is 0 Å². The van der Waals surface area contributed by atoms with Crippen molar-refractivity contribution in [1.82, 2.24) is 28.6 Å². The zero-order chi connectivity index (χ0) is 36.3. The number of H-pyrrole nitrogens is 1. The van der Waals surface area contributed by atoms with E-state index in [4.69, 9.17) is 0 Å². The third-order valence-electron chi connectivity index (χ3n) is 12.3. The summed E-state index contributed by atoms with van der Waals surface area (Å²) >= 11 is 0. The molecule has 2 aromatic carbocycles. The number of carbonyl (C=O) groups is 2. The molecule has 278 valence electrons. The van der Waals surface area contributed by atoms with Crippen LogP contribution in [-0.2, 0) is 36.0 Å². The van der Waals surface area contributed by atoms with Gasteiger partial charge in [0.1, 0.15) is 0 Å². The van der Waals surface area contributed by atoms with E-state index in [1.54, 1.807) is 3.97 Å². The molecule has 0 radical (unpaired) electrons. The minimum atomic E-state index is -3.36. The molecule has 1 saturated carbocycles. The average Bonchev–Trinajstić information content (AvgIpc) is 3.89. The van der Waals surface area contributed by atoms with Crippen LogP contribution < -0.4 is 0 Å². The van der Waals surface area contributed by atoms with Crippen LogP contribution in [0.2, 0.25) is 0 Å². The molecule has 4 aromatic rings. The summed E-state index contributed by atoms with van der Waals surface area (Å²) in [5.74, 6) is 1.67. The fraction of sp³-hybridized carbons (Fsp3) is 0.561. The van der Waals surface area contributed by atoms with Gasteiger partial charge >= 0.3 is 0 Å². The summed E-state index contributed by atoms with van der Waals surface area (Å²) < 4.78 is 28.0. The van der Waals surface area contributed by atoms with E-state index in [9.17, 15) is 18.0 Å². The number of aromatic amines is 1. The van der Waals surface area contributed by atoms with Gasteiger partial charge in [0.05, 0.1) is 10.8 Å². The van der Waals surface area contributed by atoms with E-state index in [0.29, 0.717) is 11.5 Å². The summed E-state index contributed by atoms with van der Waals surface area (Å²) in [7, 11) is 0.854. The first-order valence-corrected chi connectivity index (χ1v) is 21.0. The third kappa shape index (κ3) is 6.69. The van der Waals surface area contributed by atoms with Crippen LogP contribution in [-0.4, -0.2) is 107 Å². The van der Waals surface area contributed by atoms with Crippen molar-refractivity contribution in [2.24, 2.45) is 11.8 Å². The van der Waals surface area contributed by atoms with Crippen molar-refractivity contribution in [1.29, 1.82) is 0 Å². The SMILES string of the molecule is CC1CCN(C(=O)c2ccc3[nH]c4c(c3c2)CN(C)CC4)CC1.CC1CCN(C(=O)c2ccc3c(c2)c2c(n3S(=O)(=O)C3CC3)CCN(C)C2)CC1. The van der Waals surface area contributed by atoms with E-state index in [-0.39, 0.29) is 17.1 Å². The number of piperidine rings is 2. The molecule has 3 fully saturated rings. The molecular weight excluding hydrogens is 673 g/mol. The van der Waals surface area contributed by atoms with Crippen LogP contribution in [0.1, 0.15) is 95.6 Å². The van der Waals surface area contributed by atoms with Crippen molar-refractivity contribution in [3.05, 3.63) is 70.0 Å². The van der Waals surface area contributed by atoms with Gasteiger partial charge in [0.25, 0.3) is 11.8 Å². The summed E-state index contributed by atoms with van der Waals surface area (Å²) in [5, 5.41) is 1.90. The predicted molar refractivity (Wildman–Crippen MR) is 206 cm³/mol. The molecule has 2 aromatic heterocycles. The van der Waals surface area contributed by atoms with E-state index in [0.717, 1.165) is 143 Å². The molecule has 0 unspecified atom stereocenters. The number of amides is 2. The number of likely N-dealkylation sites (tertiary alicyclic amines) is 2. The Hall–Kier alpha value is -3.67. The van der Waals surface area contributed by atoms with Crippen LogP contribution in [0.3, 0.4) is 0 Å². The fourth-order valence-electron chi connectivity index (χ4n) is 8.66. The van der Waals surface area contributed by atoms with Crippen molar-refractivity contribution in [2.45, 2.75) is 83.6 Å². The molecule has 2 saturated heterocycles. The minimum absolute atomic E-state index is 0.0644. The third-order valence-corrected chi connectivity index (χ3v) is 14.5. The Labute approximate surface area is 308 Å². The van der Waals surface area contributed by atoms with Gasteiger partial charge in [-0.25, -0.2) is 12.4 Å². The normalized spacial score (nSPS) is 20.8. The summed E-state index contributed by atoms with van der Waals surface area (Å²) in [6.45, 7) is 11.5. The lowest BCUT2D eigenvalue weighted by molar-refractivity contribution is 0.0689. The van der Waals surface area contributed by atoms with Crippen molar-refractivity contribution < 1.29 is 18.0 Å². The first-order valence-electron chi connectivity index (χ1n) is 19.5. The Kier molecular flexibility index (Phi) is 9.49. The van der Waals surface area contributed by atoms with E-state index >= 15 is 0 Å². The van der Waals surface area contributed by atoms with Crippen LogP contribution in [0.4, 0.5) is 0 Å². The lowest BCUT2D eigenvalue weighted by Crippen LogP contribution is -2.37. The minimum Gasteiger partial charge on any atom is -0.358 e. The summed E-state index contributed by atoms with van der Waals surface area (Å²) in [5.41, 5.74) is 8.10. The van der Waals surface area contributed by atoms with Crippen LogP contribution in [0, 0.1) is 11.8 Å². The second-order valence-electron chi connectivity index (χ2n) is 16.4. The van der Waals surface area contributed by atoms with Crippen LogP contribution >= 0.6 is 0 Å². The number of fused-ring (bicyclic) bond motifs is 6. The largest absolute Gasteiger partial charge is 0.358 e. The lowest BCUT2D eigenvalue weighted by Gasteiger charge is -2.30. The standard InChI is InChI=1S/C22H29N3O3S.C19H25N3O/c1-15-7-11-24(12-8-15)22(26)16-3-6-20-18(13-16)19-14-23(2)10-9-21(19)25(20)29(27,28)17-4-5-17;1-13-5-9-22(10-6-13)19(23)14-3-4-17-15(11-14)16-12-21(2)8-7-18(16)20-17/h3,6,13,15,17H,4-5,7-12,14H2,1-2H3;3-4,11,13,20H,5-10,12H2,1-2H3. The Balaban J connectivity index is 0.000000153. The van der Waals surface area contributed by atoms with Gasteiger partial charge < -0.3 is 24.6 Å². The maximum absolute atomic E-state index is 13.2. The number of nitrogens with zero attached hydrogens (tertiary/aromatic N) is 5. The van der Waals surface area contributed by atoms with Gasteiger partial charge in [0.2, 0.25) is 10.0 Å². The Morgan fingerprint density at radius 3 is 1.81 bits per heavy atom. The monoisotopic (exact) mass is 726 g/mol. The number of hydrogen-bond acceptors (Lipinski definition) is 6. The lowest BCUT2D eigenvalue weighted by atomic mass is 9.98. The molecule has 0 spiro atoms. The molecule has 1 N–H and O–H groups in total. The molecule has 6 heterocycles. The zero-order valence-electron chi connectivity index (χ0n) is 31.3. The number of nitrogens with one attached hydrogen (secondary N) is 1. The van der Waals surface area contributed by atoms with Crippen LogP contribution in [0.25, 0.3) is 21.8 Å². The maximum Gasteiger partial charge on any atom is 0.253 e. The molecule has 9 rings (SSSR count). The highest BCUT2D eigenvalue weighted by Gasteiger charge is 2.40. The Morgan fingerprint density at radius 1 is 0.673 bits per heavy atom. The van der Waals surface area contributed by atoms with Gasteiger partial charge in [-0.05, 0) is 112 Å². The highest BCUT2D eigenvalue weighted by molar-refractivity contribution is 7.91. The van der Waals surface area contributed by atoms with E-state index in [2.05, 4.69) is 54.9 Å². The van der Waals surface area contributed by atoms with Gasteiger partial charge in [-0.2, -0.15) is 0 Å². The molecule has 0 atom stereocenters. The summed E-state index contributed by atoms with van der Waals surface area (Å²) in [4.78, 5) is 38.0. The van der Waals surface area contributed by atoms with Gasteiger partial charge in [0, 0.05) is 104 Å². The van der Waals surface area contributed by atoms with E-state index in [1.807, 2.05) is 34.1 Å². The van der Waals surface area contributed by atoms with Crippen molar-refractivity contribution >= 4 is 43.6 Å². The second-order valence-corrected chi connectivity index (χ2v) is 18.5. The van der Waals surface area contributed by atoms with Gasteiger partial charge in [-0.1, -0.05) is 13.8 Å². The average molecular weight is 727 g/mol. The molecule has 5 aliphatic rings. The van der Waals surface area contributed by atoms with Crippen molar-refractivity contribution in [3.8, 4) is 0 Å². The van der Waals surface area contributed by atoms with Crippen LogP contribution in [0.15, 0.2) is 36.4 Å². The van der Waals surface area contributed by atoms with Crippen molar-refractivity contribution in [2.75, 3.05) is 53.4 Å². The number of carbonyl (C=O) groups excluding carboxylic acids is 2. The first-order chi connectivity index (χ1) is 25.0. The molecule has 0 bridgehead atoms. The van der Waals surface area contributed by atoms with Gasteiger partial charge in [0.15, 0.2) is 0 Å². The number of hydrogen-bond donors (Lipinski definition) is 1. The first kappa shape index (κ1) is 35.4. The molecule has 10 nitrogen and oxygen atoms in total. The molecule has 52 heavy (non-hydrogen) atoms. The number of likely N-dealkylation sites (N-methyl/N-ethyl adjacent to an activating group) is 2. The molecule has 11 heteroatoms. The zero-order valence-corrected chi connectivity index (χ0v) is 32.1. The maximum atomic E-state index is 13.2. The molecule has 2 amide bonds. The fourth-order valence-corrected chi connectivity index (χ4v) is 10.6. The second kappa shape index (κ2) is 14.0. The van der Waals surface area contributed by atoms with Gasteiger partial charge in [-0.15, -0.1) is 0 Å². The Morgan fingerprint density at radius 2 is 1.21 bits per heavy atom. The van der Waals surface area contributed by atoms with E-state index < -0.39 is 10.0 Å². The summed E-state index contributed by atoms with van der Waals surface area (Å²) in [6, 6.07) is 11.8. The van der Waals surface area contributed by atoms with Crippen LogP contribution in [0.5, 0.6) is 0 Å². The molecule has 4 aliphatic heterocycles. The Bertz CT molecular complexity index is 2120. The predicted octanol–water partition coefficient (Wildman–Crippen LogP) is 5.87. The number of benzene rings is 2. The topological polar surface area (TPSA) is 102 Å². The highest BCUT2D eigenvalue weighted by Crippen LogP contribution is 2.38. The van der Waals surface area contributed by atoms with Gasteiger partial charge in [-0.3, -0.25) is 9.59 Å².